The summed E-state index contributed by atoms with van der Waals surface area (Å²) in [5.41, 5.74) is 0.292. The molecule has 2 aromatic rings. The quantitative estimate of drug-likeness (QED) is 0.440. The summed E-state index contributed by atoms with van der Waals surface area (Å²) in [7, 11) is -3.56. The second-order valence-corrected chi connectivity index (χ2v) is 6.39. The van der Waals surface area contributed by atoms with E-state index in [-0.39, 0.29) is 0 Å². The summed E-state index contributed by atoms with van der Waals surface area (Å²) in [6.45, 7) is -0.647. The Morgan fingerprint density at radius 2 is 1.86 bits per heavy atom. The number of benzene rings is 2. The highest BCUT2D eigenvalue weighted by molar-refractivity contribution is 7.52. The number of carbonyl (C=O) groups excluding carboxylic acids is 1. The molecule has 0 aliphatic carbocycles. The monoisotopic (exact) mass is 325 g/mol. The van der Waals surface area contributed by atoms with Gasteiger partial charge in [0.1, 0.15) is 6.61 Å². The summed E-state index contributed by atoms with van der Waals surface area (Å²) in [6.07, 6.45) is 0. The van der Waals surface area contributed by atoms with Crippen molar-refractivity contribution in [3.63, 3.8) is 0 Å². The predicted molar refractivity (Wildman–Crippen MR) is 79.2 cm³/mol. The molecule has 0 saturated carbocycles. The molecule has 0 aromatic heterocycles. The van der Waals surface area contributed by atoms with E-state index in [2.05, 4.69) is 0 Å². The fourth-order valence-electron chi connectivity index (χ4n) is 2.08. The van der Waals surface area contributed by atoms with Gasteiger partial charge in [0.15, 0.2) is 5.85 Å². The van der Waals surface area contributed by atoms with Crippen molar-refractivity contribution in [2.45, 2.75) is 5.85 Å². The summed E-state index contributed by atoms with van der Waals surface area (Å²) in [4.78, 5) is 30.4. The summed E-state index contributed by atoms with van der Waals surface area (Å²) in [6, 6.07) is 12.1. The molecule has 8 heteroatoms. The summed E-state index contributed by atoms with van der Waals surface area (Å²) < 4.78 is 16.8. The van der Waals surface area contributed by atoms with E-state index >= 15 is 0 Å². The van der Waals surface area contributed by atoms with E-state index in [1.807, 2.05) is 18.2 Å². The van der Waals surface area contributed by atoms with Crippen LogP contribution in [-0.2, 0) is 14.1 Å². The van der Waals surface area contributed by atoms with Crippen LogP contribution in [-0.4, -0.2) is 39.6 Å². The Labute approximate surface area is 126 Å². The number of hydrogen-bond donors (Lipinski definition) is 3. The van der Waals surface area contributed by atoms with Gasteiger partial charge in [0, 0.05) is 12.6 Å². The Hall–Kier alpha value is -1.76. The lowest BCUT2D eigenvalue weighted by molar-refractivity contribution is -0.165. The molecule has 0 heterocycles. The van der Waals surface area contributed by atoms with Crippen LogP contribution in [0.1, 0.15) is 11.4 Å². The number of carbonyl (C=O) groups is 1. The number of nitrogens with zero attached hydrogens (tertiary/aromatic N) is 1. The van der Waals surface area contributed by atoms with Crippen molar-refractivity contribution in [1.29, 1.82) is 0 Å². The molecule has 0 fully saturated rings. The second-order valence-electron chi connectivity index (χ2n) is 4.74. The van der Waals surface area contributed by atoms with Crippen LogP contribution < -0.4 is 0 Å². The largest absolute Gasteiger partial charge is 0.358 e. The summed E-state index contributed by atoms with van der Waals surface area (Å²) >= 11 is 0. The smallest absolute Gasteiger partial charge is 0.351 e. The number of hydroxylamine groups is 2. The lowest BCUT2D eigenvalue weighted by Crippen LogP contribution is -2.27. The van der Waals surface area contributed by atoms with Gasteiger partial charge in [-0.1, -0.05) is 42.5 Å². The third-order valence-electron chi connectivity index (χ3n) is 3.12. The SMILES string of the molecule is CN(O)C(=O)COC(c1cccc2ccccc12)P(=O)(O)O. The maximum absolute atomic E-state index is 11.7. The molecular weight excluding hydrogens is 309 g/mol. The maximum atomic E-state index is 11.7. The highest BCUT2D eigenvalue weighted by atomic mass is 31.2. The Kier molecular flexibility index (Phi) is 4.95. The first kappa shape index (κ1) is 16.6. The van der Waals surface area contributed by atoms with Crippen LogP contribution in [0.4, 0.5) is 0 Å². The first-order valence-corrected chi connectivity index (χ1v) is 8.09. The zero-order valence-corrected chi connectivity index (χ0v) is 12.7. The average Bonchev–Trinajstić information content (AvgIpc) is 2.46. The van der Waals surface area contributed by atoms with E-state index in [4.69, 9.17) is 9.94 Å². The lowest BCUT2D eigenvalue weighted by atomic mass is 10.1. The fourth-order valence-corrected chi connectivity index (χ4v) is 2.93. The van der Waals surface area contributed by atoms with Crippen LogP contribution in [0, 0.1) is 0 Å². The van der Waals surface area contributed by atoms with Crippen molar-refractivity contribution in [1.82, 2.24) is 5.06 Å². The van der Waals surface area contributed by atoms with Crippen molar-refractivity contribution < 1.29 is 29.1 Å². The van der Waals surface area contributed by atoms with Gasteiger partial charge in [-0.05, 0) is 10.8 Å². The van der Waals surface area contributed by atoms with Gasteiger partial charge in [0.05, 0.1) is 0 Å². The van der Waals surface area contributed by atoms with Gasteiger partial charge in [-0.15, -0.1) is 0 Å². The first-order chi connectivity index (χ1) is 10.3. The van der Waals surface area contributed by atoms with Gasteiger partial charge in [-0.2, -0.15) is 0 Å². The molecule has 0 spiro atoms. The Morgan fingerprint density at radius 1 is 1.23 bits per heavy atom. The van der Waals surface area contributed by atoms with Crippen LogP contribution >= 0.6 is 7.60 Å². The lowest BCUT2D eigenvalue weighted by Gasteiger charge is -2.21. The van der Waals surface area contributed by atoms with E-state index in [0.717, 1.165) is 12.4 Å². The minimum absolute atomic E-state index is 0.292. The first-order valence-electron chi connectivity index (χ1n) is 6.40. The van der Waals surface area contributed by atoms with E-state index in [0.29, 0.717) is 16.0 Å². The van der Waals surface area contributed by atoms with Crippen molar-refractivity contribution in [3.05, 3.63) is 48.0 Å². The van der Waals surface area contributed by atoms with Gasteiger partial charge in [-0.25, -0.2) is 5.06 Å². The van der Waals surface area contributed by atoms with E-state index in [1.165, 1.54) is 0 Å². The molecular formula is C14H16NO6P. The maximum Gasteiger partial charge on any atom is 0.358 e. The number of rotatable bonds is 5. The van der Waals surface area contributed by atoms with Gasteiger partial charge in [0.2, 0.25) is 0 Å². The van der Waals surface area contributed by atoms with Crippen LogP contribution in [0.3, 0.4) is 0 Å². The third kappa shape index (κ3) is 3.71. The van der Waals surface area contributed by atoms with Crippen LogP contribution in [0.15, 0.2) is 42.5 Å². The van der Waals surface area contributed by atoms with Crippen LogP contribution in [0.2, 0.25) is 0 Å². The zero-order valence-electron chi connectivity index (χ0n) is 11.8. The Bertz CT molecular complexity index is 721. The van der Waals surface area contributed by atoms with Gasteiger partial charge in [0.25, 0.3) is 5.91 Å². The van der Waals surface area contributed by atoms with Crippen molar-refractivity contribution in [2.24, 2.45) is 0 Å². The van der Waals surface area contributed by atoms with E-state index in [9.17, 15) is 19.1 Å². The predicted octanol–water partition coefficient (Wildman–Crippen LogP) is 1.88. The zero-order chi connectivity index (χ0) is 16.3. The number of likely N-dealkylation sites (N-methyl/N-ethyl adjacent to an activating group) is 1. The van der Waals surface area contributed by atoms with E-state index in [1.54, 1.807) is 24.3 Å². The molecule has 22 heavy (non-hydrogen) atoms. The Balaban J connectivity index is 2.41. The van der Waals surface area contributed by atoms with Crippen molar-refractivity contribution in [3.8, 4) is 0 Å². The topological polar surface area (TPSA) is 107 Å². The molecule has 0 saturated heterocycles. The number of hydrogen-bond acceptors (Lipinski definition) is 4. The molecule has 7 nitrogen and oxygen atoms in total. The van der Waals surface area contributed by atoms with Gasteiger partial charge >= 0.3 is 7.60 Å². The number of amides is 1. The summed E-state index contributed by atoms with van der Waals surface area (Å²) in [5.74, 6) is -2.39. The number of ether oxygens (including phenoxy) is 1. The minimum atomic E-state index is -4.66. The Morgan fingerprint density at radius 3 is 2.50 bits per heavy atom. The standard InChI is InChI=1S/C14H16NO6P/c1-15(17)13(16)9-21-14(22(18,19)20)12-8-4-6-10-5-2-3-7-11(10)12/h2-8,14,17H,9H2,1H3,(H2,18,19,20). The molecule has 0 radical (unpaired) electrons. The summed E-state index contributed by atoms with van der Waals surface area (Å²) in [5, 5.41) is 10.7. The minimum Gasteiger partial charge on any atom is -0.351 e. The van der Waals surface area contributed by atoms with Crippen LogP contribution in [0.25, 0.3) is 10.8 Å². The fraction of sp³-hybridized carbons (Fsp3) is 0.214. The molecule has 2 aromatic carbocycles. The molecule has 0 aliphatic heterocycles. The third-order valence-corrected chi connectivity index (χ3v) is 4.16. The molecule has 1 amide bonds. The highest BCUT2D eigenvalue weighted by Crippen LogP contribution is 2.53. The van der Waals surface area contributed by atoms with E-state index < -0.39 is 26.0 Å². The van der Waals surface area contributed by atoms with Crippen LogP contribution in [0.5, 0.6) is 0 Å². The van der Waals surface area contributed by atoms with Crippen molar-refractivity contribution >= 4 is 24.3 Å². The molecule has 0 bridgehead atoms. The molecule has 1 unspecified atom stereocenters. The molecule has 3 N–H and O–H groups in total. The molecule has 118 valence electrons. The molecule has 1 atom stereocenters. The van der Waals surface area contributed by atoms with Crippen molar-refractivity contribution in [2.75, 3.05) is 13.7 Å². The molecule has 0 aliphatic rings. The number of fused-ring (bicyclic) bond motifs is 1. The average molecular weight is 325 g/mol. The highest BCUT2D eigenvalue weighted by Gasteiger charge is 2.33. The van der Waals surface area contributed by atoms with Gasteiger partial charge in [-0.3, -0.25) is 14.6 Å². The van der Waals surface area contributed by atoms with Gasteiger partial charge < -0.3 is 14.5 Å². The molecule has 2 rings (SSSR count). The normalized spacial score (nSPS) is 13.1. The second kappa shape index (κ2) is 6.56.